The lowest BCUT2D eigenvalue weighted by atomic mass is 9.80. The summed E-state index contributed by atoms with van der Waals surface area (Å²) < 4.78 is 22.2. The SMILES string of the molecule is COCCOCOC[C@@H](O)COC(c1ccccc1)(c1ccccc1)c1ccccc1. The summed E-state index contributed by atoms with van der Waals surface area (Å²) in [5, 5.41) is 10.5. The zero-order valence-electron chi connectivity index (χ0n) is 17.9. The first-order valence-electron chi connectivity index (χ1n) is 10.4. The summed E-state index contributed by atoms with van der Waals surface area (Å²) in [6, 6.07) is 30.2. The van der Waals surface area contributed by atoms with Crippen molar-refractivity contribution in [1.29, 1.82) is 0 Å². The number of aliphatic hydroxyl groups is 1. The van der Waals surface area contributed by atoms with Crippen LogP contribution >= 0.6 is 0 Å². The smallest absolute Gasteiger partial charge is 0.146 e. The third-order valence-electron chi connectivity index (χ3n) is 4.94. The molecule has 5 nitrogen and oxygen atoms in total. The summed E-state index contributed by atoms with van der Waals surface area (Å²) in [7, 11) is 1.61. The zero-order valence-corrected chi connectivity index (χ0v) is 17.9. The van der Waals surface area contributed by atoms with Crippen LogP contribution in [0.3, 0.4) is 0 Å². The topological polar surface area (TPSA) is 57.2 Å². The Kier molecular flexibility index (Phi) is 9.21. The van der Waals surface area contributed by atoms with Crippen molar-refractivity contribution in [2.75, 3.05) is 40.3 Å². The van der Waals surface area contributed by atoms with Gasteiger partial charge in [-0.3, -0.25) is 0 Å². The van der Waals surface area contributed by atoms with E-state index >= 15 is 0 Å². The fourth-order valence-corrected chi connectivity index (χ4v) is 3.48. The molecule has 0 aliphatic heterocycles. The molecule has 0 spiro atoms. The number of aliphatic hydroxyl groups excluding tert-OH is 1. The van der Waals surface area contributed by atoms with Crippen LogP contribution in [0.2, 0.25) is 0 Å². The van der Waals surface area contributed by atoms with Crippen LogP contribution in [0.25, 0.3) is 0 Å². The molecular weight excluding hydrogens is 392 g/mol. The average Bonchev–Trinajstić information content (AvgIpc) is 2.84. The summed E-state index contributed by atoms with van der Waals surface area (Å²) in [5.41, 5.74) is 2.11. The van der Waals surface area contributed by atoms with E-state index in [1.54, 1.807) is 7.11 Å². The molecule has 0 saturated heterocycles. The lowest BCUT2D eigenvalue weighted by Crippen LogP contribution is -2.36. The molecule has 0 unspecified atom stereocenters. The second kappa shape index (κ2) is 12.3. The molecule has 0 heterocycles. The second-order valence-electron chi connectivity index (χ2n) is 7.13. The van der Waals surface area contributed by atoms with E-state index in [9.17, 15) is 5.11 Å². The van der Waals surface area contributed by atoms with Gasteiger partial charge in [0, 0.05) is 7.11 Å². The quantitative estimate of drug-likeness (QED) is 0.256. The summed E-state index contributed by atoms with van der Waals surface area (Å²) in [6.45, 7) is 1.25. The monoisotopic (exact) mass is 422 g/mol. The Balaban J connectivity index is 1.81. The Labute approximate surface area is 184 Å². The zero-order chi connectivity index (χ0) is 21.8. The third-order valence-corrected chi connectivity index (χ3v) is 4.94. The standard InChI is InChI=1S/C26H30O5/c1-28-17-18-29-21-30-19-25(27)20-31-26(22-11-5-2-6-12-22,23-13-7-3-8-14-23)24-15-9-4-10-16-24/h2-16,25,27H,17-21H2,1H3/t25-/m1/s1. The van der Waals surface area contributed by atoms with Crippen molar-refractivity contribution in [3.63, 3.8) is 0 Å². The van der Waals surface area contributed by atoms with E-state index in [-0.39, 0.29) is 20.0 Å². The molecule has 0 saturated carbocycles. The molecule has 164 valence electrons. The molecule has 3 rings (SSSR count). The van der Waals surface area contributed by atoms with E-state index in [2.05, 4.69) is 0 Å². The van der Waals surface area contributed by atoms with E-state index in [0.717, 1.165) is 16.7 Å². The first-order chi connectivity index (χ1) is 15.3. The fourth-order valence-electron chi connectivity index (χ4n) is 3.48. The Morgan fingerprint density at radius 2 is 1.16 bits per heavy atom. The Bertz CT molecular complexity index is 758. The molecular formula is C26H30O5. The highest BCUT2D eigenvalue weighted by molar-refractivity contribution is 5.47. The minimum Gasteiger partial charge on any atom is -0.388 e. The van der Waals surface area contributed by atoms with E-state index in [1.807, 2.05) is 91.0 Å². The van der Waals surface area contributed by atoms with Crippen LogP contribution in [0.15, 0.2) is 91.0 Å². The van der Waals surface area contributed by atoms with Crippen LogP contribution < -0.4 is 0 Å². The molecule has 0 fully saturated rings. The highest BCUT2D eigenvalue weighted by atomic mass is 16.7. The molecule has 0 aromatic heterocycles. The molecule has 0 amide bonds. The van der Waals surface area contributed by atoms with Gasteiger partial charge in [0.05, 0.1) is 26.4 Å². The van der Waals surface area contributed by atoms with Crippen LogP contribution in [0.5, 0.6) is 0 Å². The lowest BCUT2D eigenvalue weighted by molar-refractivity contribution is -0.109. The predicted octanol–water partition coefficient (Wildman–Crippen LogP) is 3.99. The van der Waals surface area contributed by atoms with E-state index in [1.165, 1.54) is 0 Å². The summed E-state index contributed by atoms with van der Waals surface area (Å²) >= 11 is 0. The first-order valence-corrected chi connectivity index (χ1v) is 10.4. The maximum Gasteiger partial charge on any atom is 0.146 e. The molecule has 5 heteroatoms. The van der Waals surface area contributed by atoms with Crippen molar-refractivity contribution < 1.29 is 24.1 Å². The molecule has 3 aromatic carbocycles. The minimum atomic E-state index is -0.861. The van der Waals surface area contributed by atoms with Gasteiger partial charge in [-0.05, 0) is 16.7 Å². The van der Waals surface area contributed by atoms with Gasteiger partial charge < -0.3 is 24.1 Å². The fraction of sp³-hybridized carbons (Fsp3) is 0.308. The van der Waals surface area contributed by atoms with Crippen molar-refractivity contribution >= 4 is 0 Å². The number of hydrogen-bond acceptors (Lipinski definition) is 5. The van der Waals surface area contributed by atoms with Gasteiger partial charge in [0.25, 0.3) is 0 Å². The molecule has 0 radical (unpaired) electrons. The first kappa shape index (κ1) is 23.1. The van der Waals surface area contributed by atoms with E-state index in [4.69, 9.17) is 18.9 Å². The number of methoxy groups -OCH3 is 1. The van der Waals surface area contributed by atoms with Crippen LogP contribution in [0, 0.1) is 0 Å². The van der Waals surface area contributed by atoms with Gasteiger partial charge in [0.15, 0.2) is 0 Å². The van der Waals surface area contributed by atoms with Gasteiger partial charge in [-0.1, -0.05) is 91.0 Å². The summed E-state index contributed by atoms with van der Waals surface area (Å²) in [6.07, 6.45) is -0.804. The molecule has 0 bridgehead atoms. The summed E-state index contributed by atoms with van der Waals surface area (Å²) in [4.78, 5) is 0. The van der Waals surface area contributed by atoms with Crippen LogP contribution in [-0.4, -0.2) is 51.5 Å². The van der Waals surface area contributed by atoms with E-state index in [0.29, 0.717) is 13.2 Å². The molecule has 1 N–H and O–H groups in total. The predicted molar refractivity (Wildman–Crippen MR) is 120 cm³/mol. The maximum absolute atomic E-state index is 10.5. The normalized spacial score (nSPS) is 12.6. The van der Waals surface area contributed by atoms with Crippen molar-refractivity contribution in [3.8, 4) is 0 Å². The second-order valence-corrected chi connectivity index (χ2v) is 7.13. The Hall–Kier alpha value is -2.54. The van der Waals surface area contributed by atoms with Gasteiger partial charge in [-0.25, -0.2) is 0 Å². The lowest BCUT2D eigenvalue weighted by Gasteiger charge is -2.36. The van der Waals surface area contributed by atoms with Crippen molar-refractivity contribution in [3.05, 3.63) is 108 Å². The van der Waals surface area contributed by atoms with Gasteiger partial charge in [0.2, 0.25) is 0 Å². The van der Waals surface area contributed by atoms with Crippen molar-refractivity contribution in [2.45, 2.75) is 11.7 Å². The average molecular weight is 423 g/mol. The molecule has 1 atom stereocenters. The van der Waals surface area contributed by atoms with Crippen LogP contribution in [-0.2, 0) is 24.5 Å². The highest BCUT2D eigenvalue weighted by Crippen LogP contribution is 2.40. The molecule has 3 aromatic rings. The minimum absolute atomic E-state index is 0.0940. The molecule has 31 heavy (non-hydrogen) atoms. The maximum atomic E-state index is 10.5. The number of benzene rings is 3. The van der Waals surface area contributed by atoms with Crippen LogP contribution in [0.1, 0.15) is 16.7 Å². The van der Waals surface area contributed by atoms with Gasteiger partial charge in [0.1, 0.15) is 18.5 Å². The third kappa shape index (κ3) is 6.23. The number of hydrogen-bond donors (Lipinski definition) is 1. The van der Waals surface area contributed by atoms with Crippen molar-refractivity contribution in [2.24, 2.45) is 0 Å². The Morgan fingerprint density at radius 1 is 0.677 bits per heavy atom. The number of ether oxygens (including phenoxy) is 4. The highest BCUT2D eigenvalue weighted by Gasteiger charge is 2.37. The molecule has 0 aliphatic carbocycles. The van der Waals surface area contributed by atoms with Gasteiger partial charge >= 0.3 is 0 Å². The van der Waals surface area contributed by atoms with Gasteiger partial charge in [-0.15, -0.1) is 0 Å². The number of rotatable bonds is 13. The van der Waals surface area contributed by atoms with E-state index < -0.39 is 11.7 Å². The largest absolute Gasteiger partial charge is 0.388 e. The summed E-state index contributed by atoms with van der Waals surface area (Å²) in [5.74, 6) is 0. The van der Waals surface area contributed by atoms with Crippen LogP contribution in [0.4, 0.5) is 0 Å². The Morgan fingerprint density at radius 3 is 1.61 bits per heavy atom. The van der Waals surface area contributed by atoms with Crippen molar-refractivity contribution in [1.82, 2.24) is 0 Å². The molecule has 0 aliphatic rings. The van der Waals surface area contributed by atoms with Gasteiger partial charge in [-0.2, -0.15) is 0 Å².